The molecule has 2 aliphatic rings. The summed E-state index contributed by atoms with van der Waals surface area (Å²) in [5, 5.41) is 9.64. The summed E-state index contributed by atoms with van der Waals surface area (Å²) in [4.78, 5) is 19.5. The Morgan fingerprint density at radius 3 is 2.46 bits per heavy atom. The van der Waals surface area contributed by atoms with Crippen LogP contribution in [0.25, 0.3) is 0 Å². The molecule has 6 nitrogen and oxygen atoms in total. The van der Waals surface area contributed by atoms with Crippen LogP contribution in [0.15, 0.2) is 24.3 Å². The number of piperazine rings is 1. The Balaban J connectivity index is 1.65. The Morgan fingerprint density at radius 1 is 1.15 bits per heavy atom. The maximum absolute atomic E-state index is 12.9. The molecular formula is C20H31N3O3. The van der Waals surface area contributed by atoms with E-state index in [4.69, 9.17) is 4.74 Å². The van der Waals surface area contributed by atoms with Gasteiger partial charge in [-0.1, -0.05) is 13.8 Å². The van der Waals surface area contributed by atoms with E-state index in [0.717, 1.165) is 32.7 Å². The van der Waals surface area contributed by atoms with Gasteiger partial charge in [0.05, 0.1) is 19.8 Å². The van der Waals surface area contributed by atoms with E-state index in [-0.39, 0.29) is 12.5 Å². The molecule has 1 atom stereocenters. The highest BCUT2D eigenvalue weighted by Crippen LogP contribution is 2.23. The van der Waals surface area contributed by atoms with Gasteiger partial charge in [0.2, 0.25) is 0 Å². The first-order valence-corrected chi connectivity index (χ1v) is 9.60. The van der Waals surface area contributed by atoms with Crippen molar-refractivity contribution in [3.63, 3.8) is 0 Å². The number of carbonyl (C=O) groups excluding carboxylic acids is 1. The van der Waals surface area contributed by atoms with Gasteiger partial charge < -0.3 is 24.5 Å². The second-order valence-corrected chi connectivity index (χ2v) is 7.72. The molecule has 1 amide bonds. The summed E-state index contributed by atoms with van der Waals surface area (Å²) in [6.07, 6.45) is 0. The SMILES string of the molecule is CCN1CCN(c2ccc(C(=O)N3CCOCC(C)(CO)C3)cc2)CC1. The van der Waals surface area contributed by atoms with Crippen LogP contribution in [0, 0.1) is 5.41 Å². The molecule has 2 heterocycles. The van der Waals surface area contributed by atoms with Gasteiger partial charge in [0.1, 0.15) is 0 Å². The Kier molecular flexibility index (Phi) is 6.16. The monoisotopic (exact) mass is 361 g/mol. The average molecular weight is 361 g/mol. The molecule has 0 spiro atoms. The van der Waals surface area contributed by atoms with Crippen LogP contribution < -0.4 is 4.90 Å². The molecule has 6 heteroatoms. The van der Waals surface area contributed by atoms with Crippen LogP contribution in [0.1, 0.15) is 24.2 Å². The highest BCUT2D eigenvalue weighted by molar-refractivity contribution is 5.94. The molecule has 0 aliphatic carbocycles. The minimum absolute atomic E-state index is 0.0116. The Morgan fingerprint density at radius 2 is 1.85 bits per heavy atom. The Labute approximate surface area is 156 Å². The normalized spacial score (nSPS) is 25.2. The lowest BCUT2D eigenvalue weighted by Crippen LogP contribution is -2.46. The number of hydrogen-bond acceptors (Lipinski definition) is 5. The smallest absolute Gasteiger partial charge is 0.253 e. The Bertz CT molecular complexity index is 599. The van der Waals surface area contributed by atoms with Gasteiger partial charge in [0, 0.05) is 55.9 Å². The molecule has 2 saturated heterocycles. The lowest BCUT2D eigenvalue weighted by atomic mass is 9.92. The van der Waals surface area contributed by atoms with Gasteiger partial charge in [-0.25, -0.2) is 0 Å². The van der Waals surface area contributed by atoms with Crippen LogP contribution in [0.3, 0.4) is 0 Å². The second-order valence-electron chi connectivity index (χ2n) is 7.72. The molecule has 0 radical (unpaired) electrons. The fourth-order valence-electron chi connectivity index (χ4n) is 3.67. The molecule has 1 N–H and O–H groups in total. The summed E-state index contributed by atoms with van der Waals surface area (Å²) < 4.78 is 5.57. The fourth-order valence-corrected chi connectivity index (χ4v) is 3.67. The number of rotatable bonds is 4. The maximum Gasteiger partial charge on any atom is 0.253 e. The maximum atomic E-state index is 12.9. The van der Waals surface area contributed by atoms with Gasteiger partial charge in [0.15, 0.2) is 0 Å². The summed E-state index contributed by atoms with van der Waals surface area (Å²) in [5.41, 5.74) is 1.48. The lowest BCUT2D eigenvalue weighted by molar-refractivity contribution is 0.0340. The molecule has 0 aromatic heterocycles. The standard InChI is InChI=1S/C20H31N3O3/c1-3-21-8-10-22(11-9-21)18-6-4-17(5-7-18)19(25)23-12-13-26-16-20(2,14-23)15-24/h4-7,24H,3,8-16H2,1-2H3. The van der Waals surface area contributed by atoms with Crippen molar-refractivity contribution < 1.29 is 14.6 Å². The third-order valence-electron chi connectivity index (χ3n) is 5.50. The van der Waals surface area contributed by atoms with Crippen LogP contribution in [0.5, 0.6) is 0 Å². The van der Waals surface area contributed by atoms with Crippen molar-refractivity contribution in [1.29, 1.82) is 0 Å². The van der Waals surface area contributed by atoms with E-state index < -0.39 is 5.41 Å². The number of benzene rings is 1. The lowest BCUT2D eigenvalue weighted by Gasteiger charge is -2.35. The molecular weight excluding hydrogens is 330 g/mol. The van der Waals surface area contributed by atoms with Gasteiger partial charge in [0.25, 0.3) is 5.91 Å². The zero-order valence-electron chi connectivity index (χ0n) is 16.0. The molecule has 2 aliphatic heterocycles. The van der Waals surface area contributed by atoms with Crippen molar-refractivity contribution in [3.8, 4) is 0 Å². The molecule has 26 heavy (non-hydrogen) atoms. The number of anilines is 1. The van der Waals surface area contributed by atoms with Gasteiger partial charge in [-0.2, -0.15) is 0 Å². The van der Waals surface area contributed by atoms with E-state index in [1.54, 1.807) is 4.90 Å². The highest BCUT2D eigenvalue weighted by Gasteiger charge is 2.32. The van der Waals surface area contributed by atoms with Crippen molar-refractivity contribution in [2.24, 2.45) is 5.41 Å². The van der Waals surface area contributed by atoms with E-state index in [0.29, 0.717) is 31.9 Å². The van der Waals surface area contributed by atoms with Crippen molar-refractivity contribution in [1.82, 2.24) is 9.80 Å². The van der Waals surface area contributed by atoms with E-state index in [2.05, 4.69) is 28.9 Å². The predicted molar refractivity (Wildman–Crippen MR) is 103 cm³/mol. The zero-order valence-corrected chi connectivity index (χ0v) is 16.0. The molecule has 2 fully saturated rings. The largest absolute Gasteiger partial charge is 0.396 e. The van der Waals surface area contributed by atoms with Crippen LogP contribution >= 0.6 is 0 Å². The molecule has 1 aromatic rings. The Hall–Kier alpha value is -1.63. The van der Waals surface area contributed by atoms with Crippen molar-refractivity contribution in [3.05, 3.63) is 29.8 Å². The van der Waals surface area contributed by atoms with Gasteiger partial charge >= 0.3 is 0 Å². The van der Waals surface area contributed by atoms with Gasteiger partial charge in [-0.05, 0) is 30.8 Å². The molecule has 3 rings (SSSR count). The number of nitrogens with zero attached hydrogens (tertiary/aromatic N) is 3. The van der Waals surface area contributed by atoms with E-state index in [1.165, 1.54) is 5.69 Å². The van der Waals surface area contributed by atoms with Crippen LogP contribution in [0.2, 0.25) is 0 Å². The third-order valence-corrected chi connectivity index (χ3v) is 5.50. The molecule has 1 aromatic carbocycles. The second kappa shape index (κ2) is 8.37. The molecule has 1 unspecified atom stereocenters. The first kappa shape index (κ1) is 19.1. The summed E-state index contributed by atoms with van der Waals surface area (Å²) in [6, 6.07) is 7.95. The summed E-state index contributed by atoms with van der Waals surface area (Å²) in [5.74, 6) is 0.0116. The van der Waals surface area contributed by atoms with Gasteiger partial charge in [-0.15, -0.1) is 0 Å². The van der Waals surface area contributed by atoms with Crippen LogP contribution in [-0.2, 0) is 4.74 Å². The number of likely N-dealkylation sites (N-methyl/N-ethyl adjacent to an activating group) is 1. The number of aliphatic hydroxyl groups is 1. The quantitative estimate of drug-likeness (QED) is 0.876. The zero-order chi connectivity index (χ0) is 18.6. The number of hydrogen-bond donors (Lipinski definition) is 1. The number of amides is 1. The highest BCUT2D eigenvalue weighted by atomic mass is 16.5. The van der Waals surface area contributed by atoms with Crippen molar-refractivity contribution in [2.45, 2.75) is 13.8 Å². The van der Waals surface area contributed by atoms with E-state index in [9.17, 15) is 9.90 Å². The first-order chi connectivity index (χ1) is 12.5. The molecule has 144 valence electrons. The van der Waals surface area contributed by atoms with Gasteiger partial charge in [-0.3, -0.25) is 4.79 Å². The van der Waals surface area contributed by atoms with Crippen LogP contribution in [-0.4, -0.2) is 86.4 Å². The number of carbonyl (C=O) groups is 1. The predicted octanol–water partition coefficient (Wildman–Crippen LogP) is 1.30. The first-order valence-electron chi connectivity index (χ1n) is 9.60. The van der Waals surface area contributed by atoms with E-state index >= 15 is 0 Å². The number of aliphatic hydroxyl groups excluding tert-OH is 1. The fraction of sp³-hybridized carbons (Fsp3) is 0.650. The van der Waals surface area contributed by atoms with Crippen LogP contribution in [0.4, 0.5) is 5.69 Å². The molecule has 0 bridgehead atoms. The topological polar surface area (TPSA) is 56.2 Å². The summed E-state index contributed by atoms with van der Waals surface area (Å²) in [6.45, 7) is 11.6. The molecule has 0 saturated carbocycles. The minimum atomic E-state index is -0.398. The average Bonchev–Trinajstić information content (AvgIpc) is 2.90. The minimum Gasteiger partial charge on any atom is -0.396 e. The third kappa shape index (κ3) is 4.37. The van der Waals surface area contributed by atoms with Crippen molar-refractivity contribution in [2.75, 3.05) is 70.5 Å². The van der Waals surface area contributed by atoms with E-state index in [1.807, 2.05) is 19.1 Å². The number of ether oxygens (including phenoxy) is 1. The summed E-state index contributed by atoms with van der Waals surface area (Å²) >= 11 is 0. The summed E-state index contributed by atoms with van der Waals surface area (Å²) in [7, 11) is 0. The van der Waals surface area contributed by atoms with Crippen molar-refractivity contribution >= 4 is 11.6 Å².